The first kappa shape index (κ1) is 20.8. The zero-order chi connectivity index (χ0) is 21.0. The molecule has 29 heavy (non-hydrogen) atoms. The number of aromatic nitrogens is 3. The Morgan fingerprint density at radius 2 is 1.79 bits per heavy atom. The summed E-state index contributed by atoms with van der Waals surface area (Å²) in [5.41, 5.74) is 0.402. The van der Waals surface area contributed by atoms with E-state index in [-0.39, 0.29) is 11.8 Å². The largest absolute Gasteiger partial charge is 0.497 e. The number of benzene rings is 2. The maximum Gasteiger partial charge on any atom is 0.235 e. The molecule has 1 N–H and O–H groups in total. The highest BCUT2D eigenvalue weighted by molar-refractivity contribution is 7.99. The number of carbonyl (C=O) groups excluding carboxylic acids is 1. The van der Waals surface area contributed by atoms with Crippen molar-refractivity contribution >= 4 is 23.4 Å². The Labute approximate surface area is 171 Å². The average Bonchev–Trinajstić information content (AvgIpc) is 3.13. The van der Waals surface area contributed by atoms with E-state index in [0.717, 1.165) is 35.2 Å². The molecule has 0 aliphatic rings. The molecule has 3 rings (SSSR count). The van der Waals surface area contributed by atoms with Gasteiger partial charge in [0.05, 0.1) is 12.9 Å². The van der Waals surface area contributed by atoms with Crippen LogP contribution in [0.4, 0.5) is 14.5 Å². The van der Waals surface area contributed by atoms with Crippen LogP contribution in [0.15, 0.2) is 47.6 Å². The quantitative estimate of drug-likeness (QED) is 0.571. The maximum atomic E-state index is 13.7. The first-order valence-corrected chi connectivity index (χ1v) is 9.85. The van der Waals surface area contributed by atoms with Crippen LogP contribution in [0, 0.1) is 11.6 Å². The summed E-state index contributed by atoms with van der Waals surface area (Å²) in [6, 6.07) is 10.9. The zero-order valence-electron chi connectivity index (χ0n) is 16.1. The summed E-state index contributed by atoms with van der Waals surface area (Å²) in [7, 11) is 1.60. The van der Waals surface area contributed by atoms with Crippen molar-refractivity contribution in [3.05, 3.63) is 54.1 Å². The van der Waals surface area contributed by atoms with Crippen LogP contribution < -0.4 is 10.1 Å². The third-order valence-corrected chi connectivity index (χ3v) is 5.03. The van der Waals surface area contributed by atoms with Crippen LogP contribution in [0.2, 0.25) is 0 Å². The molecule has 0 aliphatic carbocycles. The minimum absolute atomic E-state index is 0.0386. The van der Waals surface area contributed by atoms with Crippen molar-refractivity contribution in [1.82, 2.24) is 14.8 Å². The van der Waals surface area contributed by atoms with Crippen LogP contribution in [-0.4, -0.2) is 33.5 Å². The maximum absolute atomic E-state index is 13.7. The lowest BCUT2D eigenvalue weighted by Crippen LogP contribution is -2.17. The Balaban J connectivity index is 1.75. The second-order valence-corrected chi connectivity index (χ2v) is 7.37. The topological polar surface area (TPSA) is 69.0 Å². The molecule has 3 aromatic rings. The summed E-state index contributed by atoms with van der Waals surface area (Å²) in [5, 5.41) is 11.2. The lowest BCUT2D eigenvalue weighted by atomic mass is 10.2. The number of hydrogen-bond acceptors (Lipinski definition) is 5. The molecule has 6 nitrogen and oxygen atoms in total. The summed E-state index contributed by atoms with van der Waals surface area (Å²) in [6.07, 6.45) is 0. The van der Waals surface area contributed by atoms with Crippen molar-refractivity contribution < 1.29 is 18.3 Å². The molecule has 0 radical (unpaired) electrons. The molecule has 9 heteroatoms. The van der Waals surface area contributed by atoms with Crippen LogP contribution in [0.3, 0.4) is 0 Å². The van der Waals surface area contributed by atoms with Gasteiger partial charge in [-0.2, -0.15) is 0 Å². The van der Waals surface area contributed by atoms with Gasteiger partial charge in [0, 0.05) is 11.6 Å². The summed E-state index contributed by atoms with van der Waals surface area (Å²) in [4.78, 5) is 12.2. The van der Waals surface area contributed by atoms with Crippen molar-refractivity contribution in [3.8, 4) is 17.1 Å². The van der Waals surface area contributed by atoms with E-state index in [2.05, 4.69) is 15.5 Å². The molecule has 152 valence electrons. The van der Waals surface area contributed by atoms with E-state index < -0.39 is 23.2 Å². The first-order valence-electron chi connectivity index (χ1n) is 8.86. The van der Waals surface area contributed by atoms with Gasteiger partial charge in [-0.15, -0.1) is 10.2 Å². The Bertz CT molecular complexity index is 986. The number of nitrogens with zero attached hydrogens (tertiary/aromatic N) is 3. The summed E-state index contributed by atoms with van der Waals surface area (Å²) >= 11 is 1.15. The van der Waals surface area contributed by atoms with Gasteiger partial charge in [-0.1, -0.05) is 17.8 Å². The van der Waals surface area contributed by atoms with Crippen molar-refractivity contribution in [2.45, 2.75) is 25.0 Å². The summed E-state index contributed by atoms with van der Waals surface area (Å²) < 4.78 is 34.5. The van der Waals surface area contributed by atoms with Gasteiger partial charge in [0.2, 0.25) is 5.91 Å². The predicted octanol–water partition coefficient (Wildman–Crippen LogP) is 4.54. The number of hydrogen-bond donors (Lipinski definition) is 1. The van der Waals surface area contributed by atoms with Gasteiger partial charge < -0.3 is 10.1 Å². The lowest BCUT2D eigenvalue weighted by molar-refractivity contribution is -0.113. The highest BCUT2D eigenvalue weighted by Crippen LogP contribution is 2.29. The molecule has 1 amide bonds. The number of rotatable bonds is 7. The van der Waals surface area contributed by atoms with Crippen LogP contribution in [0.5, 0.6) is 5.75 Å². The summed E-state index contributed by atoms with van der Waals surface area (Å²) in [6.45, 7) is 3.96. The van der Waals surface area contributed by atoms with Gasteiger partial charge in [0.25, 0.3) is 0 Å². The van der Waals surface area contributed by atoms with Crippen LogP contribution >= 0.6 is 11.8 Å². The highest BCUT2D eigenvalue weighted by atomic mass is 32.2. The minimum Gasteiger partial charge on any atom is -0.497 e. The molecular formula is C20H20F2N4O2S. The third kappa shape index (κ3) is 4.73. The fraction of sp³-hybridized carbons (Fsp3) is 0.250. The van der Waals surface area contributed by atoms with E-state index in [1.54, 1.807) is 7.11 Å². The molecular weight excluding hydrogens is 398 g/mol. The van der Waals surface area contributed by atoms with Gasteiger partial charge >= 0.3 is 0 Å². The predicted molar refractivity (Wildman–Crippen MR) is 108 cm³/mol. The SMILES string of the molecule is COc1ccc(-c2nnc(SCC(=O)Nc3c(F)cccc3F)n2C(C)C)cc1. The number of nitrogens with one attached hydrogen (secondary N) is 1. The van der Waals surface area contributed by atoms with Crippen molar-refractivity contribution in [1.29, 1.82) is 0 Å². The zero-order valence-corrected chi connectivity index (χ0v) is 17.0. The van der Waals surface area contributed by atoms with Crippen molar-refractivity contribution in [3.63, 3.8) is 0 Å². The molecule has 0 fully saturated rings. The van der Waals surface area contributed by atoms with E-state index in [1.807, 2.05) is 42.7 Å². The molecule has 0 atom stereocenters. The molecule has 0 spiro atoms. The van der Waals surface area contributed by atoms with E-state index in [4.69, 9.17) is 4.74 Å². The van der Waals surface area contributed by atoms with Crippen molar-refractivity contribution in [2.75, 3.05) is 18.2 Å². The van der Waals surface area contributed by atoms with Crippen LogP contribution in [0.25, 0.3) is 11.4 Å². The van der Waals surface area contributed by atoms with Gasteiger partial charge in [-0.05, 0) is 50.2 Å². The molecule has 0 bridgehead atoms. The standard InChI is InChI=1S/C20H20F2N4O2S/c1-12(2)26-19(13-7-9-14(28-3)10-8-13)24-25-20(26)29-11-17(27)23-18-15(21)5-4-6-16(18)22/h4-10,12H,11H2,1-3H3,(H,23,27). The molecule has 0 saturated carbocycles. The number of para-hydroxylation sites is 1. The van der Waals surface area contributed by atoms with Gasteiger partial charge in [0.15, 0.2) is 11.0 Å². The number of ether oxygens (including phenoxy) is 1. The molecule has 2 aromatic carbocycles. The minimum atomic E-state index is -0.824. The Hall–Kier alpha value is -2.94. The van der Waals surface area contributed by atoms with Gasteiger partial charge in [-0.25, -0.2) is 8.78 Å². The molecule has 1 aromatic heterocycles. The van der Waals surface area contributed by atoms with Gasteiger partial charge in [0.1, 0.15) is 23.1 Å². The number of carbonyl (C=O) groups is 1. The fourth-order valence-corrected chi connectivity index (χ4v) is 3.57. The van der Waals surface area contributed by atoms with Crippen LogP contribution in [0.1, 0.15) is 19.9 Å². The smallest absolute Gasteiger partial charge is 0.235 e. The Morgan fingerprint density at radius 3 is 2.38 bits per heavy atom. The molecule has 1 heterocycles. The molecule has 0 saturated heterocycles. The number of thioether (sulfide) groups is 1. The number of amides is 1. The van der Waals surface area contributed by atoms with E-state index in [9.17, 15) is 13.6 Å². The highest BCUT2D eigenvalue weighted by Gasteiger charge is 2.19. The van der Waals surface area contributed by atoms with E-state index in [1.165, 1.54) is 6.07 Å². The number of methoxy groups -OCH3 is 1. The molecule has 0 unspecified atom stereocenters. The lowest BCUT2D eigenvalue weighted by Gasteiger charge is -2.14. The monoisotopic (exact) mass is 418 g/mol. The second-order valence-electron chi connectivity index (χ2n) is 6.43. The Kier molecular flexibility index (Phi) is 6.48. The third-order valence-electron chi connectivity index (χ3n) is 4.09. The normalized spacial score (nSPS) is 11.0. The number of halogens is 2. The summed E-state index contributed by atoms with van der Waals surface area (Å²) in [5.74, 6) is -0.864. The van der Waals surface area contributed by atoms with E-state index in [0.29, 0.717) is 11.0 Å². The van der Waals surface area contributed by atoms with Crippen molar-refractivity contribution in [2.24, 2.45) is 0 Å². The van der Waals surface area contributed by atoms with Gasteiger partial charge in [-0.3, -0.25) is 9.36 Å². The number of anilines is 1. The average molecular weight is 418 g/mol. The Morgan fingerprint density at radius 1 is 1.14 bits per heavy atom. The van der Waals surface area contributed by atoms with E-state index >= 15 is 0 Å². The fourth-order valence-electron chi connectivity index (χ4n) is 2.70. The molecule has 0 aliphatic heterocycles. The second kappa shape index (κ2) is 9.04. The van der Waals surface area contributed by atoms with Crippen LogP contribution in [-0.2, 0) is 4.79 Å². The first-order chi connectivity index (χ1) is 13.9.